The molecule has 19 heavy (non-hydrogen) atoms. The lowest BCUT2D eigenvalue weighted by atomic mass is 9.91. The Kier molecular flexibility index (Phi) is 4.64. The first-order valence-electron chi connectivity index (χ1n) is 7.56. The van der Waals surface area contributed by atoms with Gasteiger partial charge < -0.3 is 5.73 Å². The highest BCUT2D eigenvalue weighted by molar-refractivity contribution is 5.31. The molecule has 2 N–H and O–H groups in total. The third-order valence-corrected chi connectivity index (χ3v) is 4.89. The number of aryl methyl sites for hydroxylation is 2. The lowest BCUT2D eigenvalue weighted by Crippen LogP contribution is -2.45. The Morgan fingerprint density at radius 1 is 1.26 bits per heavy atom. The topological polar surface area (TPSA) is 29.3 Å². The molecule has 0 bridgehead atoms. The highest BCUT2D eigenvalue weighted by Gasteiger charge is 2.26. The van der Waals surface area contributed by atoms with Crippen molar-refractivity contribution in [2.24, 2.45) is 11.7 Å². The van der Waals surface area contributed by atoms with Crippen LogP contribution in [0, 0.1) is 19.8 Å². The summed E-state index contributed by atoms with van der Waals surface area (Å²) in [6.07, 6.45) is 2.67. The van der Waals surface area contributed by atoms with E-state index in [1.54, 1.807) is 0 Å². The van der Waals surface area contributed by atoms with Crippen LogP contribution in [0.5, 0.6) is 0 Å². The quantitative estimate of drug-likeness (QED) is 0.902. The van der Waals surface area contributed by atoms with Gasteiger partial charge in [-0.3, -0.25) is 4.90 Å². The Hall–Kier alpha value is -0.860. The molecule has 1 aliphatic heterocycles. The van der Waals surface area contributed by atoms with Gasteiger partial charge in [-0.25, -0.2) is 0 Å². The molecule has 0 amide bonds. The van der Waals surface area contributed by atoms with E-state index in [-0.39, 0.29) is 6.04 Å². The predicted molar refractivity (Wildman–Crippen MR) is 82.3 cm³/mol. The minimum Gasteiger partial charge on any atom is -0.323 e. The second-order valence-corrected chi connectivity index (χ2v) is 6.31. The van der Waals surface area contributed by atoms with Gasteiger partial charge in [0.05, 0.1) is 0 Å². The number of hydrogen-bond donors (Lipinski definition) is 1. The van der Waals surface area contributed by atoms with Crippen molar-refractivity contribution in [3.05, 3.63) is 34.9 Å². The molecule has 0 radical (unpaired) electrons. The Bertz CT molecular complexity index is 427. The molecule has 3 unspecified atom stereocenters. The summed E-state index contributed by atoms with van der Waals surface area (Å²) in [5.41, 5.74) is 10.4. The van der Waals surface area contributed by atoms with Crippen molar-refractivity contribution in [3.63, 3.8) is 0 Å². The zero-order chi connectivity index (χ0) is 14.0. The van der Waals surface area contributed by atoms with Crippen molar-refractivity contribution in [2.45, 2.75) is 52.6 Å². The first-order valence-corrected chi connectivity index (χ1v) is 7.56. The monoisotopic (exact) mass is 260 g/mol. The first-order chi connectivity index (χ1) is 8.99. The number of rotatable bonds is 3. The van der Waals surface area contributed by atoms with E-state index < -0.39 is 0 Å². The van der Waals surface area contributed by atoms with Gasteiger partial charge in [0.15, 0.2) is 0 Å². The third kappa shape index (κ3) is 3.37. The van der Waals surface area contributed by atoms with E-state index in [0.717, 1.165) is 12.5 Å². The summed E-state index contributed by atoms with van der Waals surface area (Å²) >= 11 is 0. The molecule has 2 heteroatoms. The van der Waals surface area contributed by atoms with Gasteiger partial charge in [-0.05, 0) is 62.8 Å². The normalized spacial score (nSPS) is 26.4. The van der Waals surface area contributed by atoms with E-state index in [0.29, 0.717) is 6.04 Å². The SMILES string of the molecule is Cc1ccc(C(N)CN2CCCC(C)C2C)cc1C. The first kappa shape index (κ1) is 14.5. The Morgan fingerprint density at radius 3 is 2.68 bits per heavy atom. The van der Waals surface area contributed by atoms with Crippen LogP contribution in [0.4, 0.5) is 0 Å². The zero-order valence-corrected chi connectivity index (χ0v) is 12.8. The van der Waals surface area contributed by atoms with Crippen LogP contribution in [-0.2, 0) is 0 Å². The number of hydrogen-bond acceptors (Lipinski definition) is 2. The van der Waals surface area contributed by atoms with E-state index in [1.165, 1.54) is 36.1 Å². The minimum atomic E-state index is 0.132. The van der Waals surface area contributed by atoms with E-state index in [1.807, 2.05) is 0 Å². The van der Waals surface area contributed by atoms with Crippen LogP contribution in [0.2, 0.25) is 0 Å². The van der Waals surface area contributed by atoms with Crippen molar-refractivity contribution < 1.29 is 0 Å². The second-order valence-electron chi connectivity index (χ2n) is 6.31. The number of nitrogens with two attached hydrogens (primary N) is 1. The predicted octanol–water partition coefficient (Wildman–Crippen LogP) is 3.42. The van der Waals surface area contributed by atoms with E-state index >= 15 is 0 Å². The van der Waals surface area contributed by atoms with Crippen LogP contribution >= 0.6 is 0 Å². The van der Waals surface area contributed by atoms with Gasteiger partial charge >= 0.3 is 0 Å². The van der Waals surface area contributed by atoms with Crippen molar-refractivity contribution in [1.82, 2.24) is 4.90 Å². The molecule has 2 rings (SSSR count). The maximum absolute atomic E-state index is 6.41. The molecule has 1 heterocycles. The molecule has 1 aromatic rings. The van der Waals surface area contributed by atoms with E-state index in [2.05, 4.69) is 50.8 Å². The molecular formula is C17H28N2. The van der Waals surface area contributed by atoms with Crippen LogP contribution in [0.25, 0.3) is 0 Å². The lowest BCUT2D eigenvalue weighted by molar-refractivity contribution is 0.107. The van der Waals surface area contributed by atoms with Crippen molar-refractivity contribution in [1.29, 1.82) is 0 Å². The van der Waals surface area contributed by atoms with Gasteiger partial charge in [-0.2, -0.15) is 0 Å². The maximum atomic E-state index is 6.41. The summed E-state index contributed by atoms with van der Waals surface area (Å²) in [5.74, 6) is 0.792. The molecule has 0 aromatic heterocycles. The number of benzene rings is 1. The smallest absolute Gasteiger partial charge is 0.0424 e. The van der Waals surface area contributed by atoms with Crippen molar-refractivity contribution in [2.75, 3.05) is 13.1 Å². The minimum absolute atomic E-state index is 0.132. The summed E-state index contributed by atoms with van der Waals surface area (Å²) < 4.78 is 0. The van der Waals surface area contributed by atoms with Gasteiger partial charge in [-0.1, -0.05) is 25.1 Å². The zero-order valence-electron chi connectivity index (χ0n) is 12.8. The molecule has 1 fully saturated rings. The second kappa shape index (κ2) is 6.06. The summed E-state index contributed by atoms with van der Waals surface area (Å²) in [5, 5.41) is 0. The van der Waals surface area contributed by atoms with Gasteiger partial charge in [0.2, 0.25) is 0 Å². The number of nitrogens with zero attached hydrogens (tertiary/aromatic N) is 1. The van der Waals surface area contributed by atoms with Gasteiger partial charge in [0, 0.05) is 18.6 Å². The fraction of sp³-hybridized carbons (Fsp3) is 0.647. The fourth-order valence-corrected chi connectivity index (χ4v) is 3.03. The summed E-state index contributed by atoms with van der Waals surface area (Å²) in [7, 11) is 0. The van der Waals surface area contributed by atoms with Crippen molar-refractivity contribution in [3.8, 4) is 0 Å². The highest BCUT2D eigenvalue weighted by Crippen LogP contribution is 2.25. The van der Waals surface area contributed by atoms with Gasteiger partial charge in [-0.15, -0.1) is 0 Å². The molecule has 0 spiro atoms. The summed E-state index contributed by atoms with van der Waals surface area (Å²) in [4.78, 5) is 2.56. The van der Waals surface area contributed by atoms with E-state index in [9.17, 15) is 0 Å². The third-order valence-electron chi connectivity index (χ3n) is 4.89. The fourth-order valence-electron chi connectivity index (χ4n) is 3.03. The summed E-state index contributed by atoms with van der Waals surface area (Å²) in [6.45, 7) is 11.2. The molecule has 1 saturated heterocycles. The van der Waals surface area contributed by atoms with Crippen LogP contribution < -0.4 is 5.73 Å². The van der Waals surface area contributed by atoms with Crippen LogP contribution in [-0.4, -0.2) is 24.0 Å². The van der Waals surface area contributed by atoms with Gasteiger partial charge in [0.1, 0.15) is 0 Å². The van der Waals surface area contributed by atoms with Crippen LogP contribution in [0.15, 0.2) is 18.2 Å². The molecule has 0 saturated carbocycles. The van der Waals surface area contributed by atoms with Crippen molar-refractivity contribution >= 4 is 0 Å². The standard InChI is InChI=1S/C17H28N2/c1-12-7-8-16(10-14(12)3)17(18)11-19-9-5-6-13(2)15(19)4/h7-8,10,13,15,17H,5-6,9,11,18H2,1-4H3. The van der Waals surface area contributed by atoms with Gasteiger partial charge in [0.25, 0.3) is 0 Å². The average molecular weight is 260 g/mol. The molecule has 3 atom stereocenters. The molecule has 1 aromatic carbocycles. The lowest BCUT2D eigenvalue weighted by Gasteiger charge is -2.39. The number of piperidine rings is 1. The maximum Gasteiger partial charge on any atom is 0.0424 e. The summed E-state index contributed by atoms with van der Waals surface area (Å²) in [6, 6.07) is 7.41. The number of likely N-dealkylation sites (tertiary alicyclic amines) is 1. The Morgan fingerprint density at radius 2 is 2.00 bits per heavy atom. The Balaban J connectivity index is 2.03. The molecule has 106 valence electrons. The molecule has 1 aliphatic rings. The highest BCUT2D eigenvalue weighted by atomic mass is 15.2. The average Bonchev–Trinajstić information content (AvgIpc) is 2.38. The molecule has 0 aliphatic carbocycles. The van der Waals surface area contributed by atoms with Crippen LogP contribution in [0.3, 0.4) is 0 Å². The molecule has 2 nitrogen and oxygen atoms in total. The largest absolute Gasteiger partial charge is 0.323 e. The molecular weight excluding hydrogens is 232 g/mol. The van der Waals surface area contributed by atoms with Crippen LogP contribution in [0.1, 0.15) is 49.4 Å². The Labute approximate surface area is 118 Å². The van der Waals surface area contributed by atoms with E-state index in [4.69, 9.17) is 5.73 Å².